The van der Waals surface area contributed by atoms with Crippen LogP contribution in [0.25, 0.3) is 22.2 Å². The van der Waals surface area contributed by atoms with Gasteiger partial charge in [-0.1, -0.05) is 0 Å². The fraction of sp³-hybridized carbons (Fsp3) is 0.0667. The minimum absolute atomic E-state index is 0.0499. The fourth-order valence-corrected chi connectivity index (χ4v) is 2.14. The summed E-state index contributed by atoms with van der Waals surface area (Å²) in [6, 6.07) is 8.90. The summed E-state index contributed by atoms with van der Waals surface area (Å²) in [5, 5.41) is 13.5. The van der Waals surface area contributed by atoms with Crippen molar-refractivity contribution >= 4 is 22.5 Å². The number of phenols is 1. The van der Waals surface area contributed by atoms with E-state index in [0.717, 1.165) is 10.9 Å². The number of pyridine rings is 1. The number of nitrogens with one attached hydrogen (secondary N) is 1. The van der Waals surface area contributed by atoms with Gasteiger partial charge in [-0.25, -0.2) is 0 Å². The van der Waals surface area contributed by atoms with E-state index in [-0.39, 0.29) is 11.7 Å². The lowest BCUT2D eigenvalue weighted by Crippen LogP contribution is -2.06. The van der Waals surface area contributed by atoms with Crippen LogP contribution in [-0.4, -0.2) is 16.0 Å². The van der Waals surface area contributed by atoms with E-state index in [9.17, 15) is 9.90 Å². The number of aromatic nitrogens is 1. The van der Waals surface area contributed by atoms with Gasteiger partial charge in [-0.15, -0.1) is 0 Å². The molecule has 1 amide bonds. The van der Waals surface area contributed by atoms with Crippen LogP contribution in [0, 0.1) is 0 Å². The van der Waals surface area contributed by atoms with Crippen molar-refractivity contribution in [2.24, 2.45) is 0 Å². The van der Waals surface area contributed by atoms with Crippen LogP contribution >= 0.6 is 0 Å². The third-order valence-electron chi connectivity index (χ3n) is 2.98. The maximum atomic E-state index is 11.1. The van der Waals surface area contributed by atoms with Gasteiger partial charge in [0.2, 0.25) is 5.91 Å². The van der Waals surface area contributed by atoms with Gasteiger partial charge in [0.05, 0.1) is 12.0 Å². The van der Waals surface area contributed by atoms with Crippen molar-refractivity contribution in [2.45, 2.75) is 6.92 Å². The lowest BCUT2D eigenvalue weighted by atomic mass is 10.1. The highest BCUT2D eigenvalue weighted by atomic mass is 16.3. The molecule has 0 atom stereocenters. The van der Waals surface area contributed by atoms with Crippen molar-refractivity contribution in [2.75, 3.05) is 5.32 Å². The third-order valence-corrected chi connectivity index (χ3v) is 2.98. The molecule has 0 spiro atoms. The molecule has 0 fully saturated rings. The lowest BCUT2D eigenvalue weighted by Gasteiger charge is -2.09. The number of fused-ring (bicyclic) bond motifs is 1. The highest BCUT2D eigenvalue weighted by molar-refractivity contribution is 6.01. The van der Waals surface area contributed by atoms with Gasteiger partial charge in [0.15, 0.2) is 5.75 Å². The minimum Gasteiger partial charge on any atom is -0.504 e. The Morgan fingerprint density at radius 3 is 2.85 bits per heavy atom. The van der Waals surface area contributed by atoms with Gasteiger partial charge in [-0.05, 0) is 30.3 Å². The number of nitrogens with zero attached hydrogens (tertiary/aromatic N) is 1. The molecule has 2 aromatic heterocycles. The van der Waals surface area contributed by atoms with E-state index in [1.54, 1.807) is 30.7 Å². The zero-order chi connectivity index (χ0) is 14.1. The first-order valence-corrected chi connectivity index (χ1v) is 6.09. The van der Waals surface area contributed by atoms with E-state index in [2.05, 4.69) is 10.3 Å². The molecule has 3 aromatic rings. The van der Waals surface area contributed by atoms with E-state index < -0.39 is 0 Å². The number of amides is 1. The first-order valence-electron chi connectivity index (χ1n) is 6.09. The molecule has 3 rings (SSSR count). The van der Waals surface area contributed by atoms with E-state index in [1.807, 2.05) is 12.1 Å². The first kappa shape index (κ1) is 12.2. The van der Waals surface area contributed by atoms with Crippen molar-refractivity contribution in [3.63, 3.8) is 0 Å². The predicted molar refractivity (Wildman–Crippen MR) is 75.4 cm³/mol. The Kier molecular flexibility index (Phi) is 2.87. The molecule has 0 radical (unpaired) electrons. The van der Waals surface area contributed by atoms with E-state index >= 15 is 0 Å². The molecule has 0 saturated carbocycles. The zero-order valence-corrected chi connectivity index (χ0v) is 10.8. The van der Waals surface area contributed by atoms with Crippen molar-refractivity contribution < 1.29 is 14.3 Å². The summed E-state index contributed by atoms with van der Waals surface area (Å²) in [6.07, 6.45) is 3.19. The highest BCUT2D eigenvalue weighted by Crippen LogP contribution is 2.36. The first-order chi connectivity index (χ1) is 9.66. The monoisotopic (exact) mass is 268 g/mol. The summed E-state index contributed by atoms with van der Waals surface area (Å²) >= 11 is 0. The summed E-state index contributed by atoms with van der Waals surface area (Å²) in [6.45, 7) is 1.39. The smallest absolute Gasteiger partial charge is 0.221 e. The number of aromatic hydroxyl groups is 1. The quantitative estimate of drug-likeness (QED) is 0.700. The number of carbonyl (C=O) groups is 1. The second-order valence-electron chi connectivity index (χ2n) is 4.37. The number of anilines is 1. The average molecular weight is 268 g/mol. The van der Waals surface area contributed by atoms with Crippen LogP contribution in [0.4, 0.5) is 5.69 Å². The summed E-state index contributed by atoms with van der Waals surface area (Å²) in [7, 11) is 0. The van der Waals surface area contributed by atoms with Crippen molar-refractivity contribution in [1.82, 2.24) is 4.98 Å². The molecule has 100 valence electrons. The molecule has 1 aromatic carbocycles. The van der Waals surface area contributed by atoms with Crippen molar-refractivity contribution in [3.05, 3.63) is 42.8 Å². The fourth-order valence-electron chi connectivity index (χ4n) is 2.14. The van der Waals surface area contributed by atoms with Crippen LogP contribution in [0.1, 0.15) is 6.92 Å². The standard InChI is InChI=1S/C15H12N2O3/c1-9(18)17-12-5-4-11-10(13-3-2-8-20-13)6-7-16-14(11)15(12)19/h2-8,19H,1H3,(H,17,18). The molecule has 0 aliphatic rings. The molecule has 20 heavy (non-hydrogen) atoms. The van der Waals surface area contributed by atoms with Crippen LogP contribution in [-0.2, 0) is 4.79 Å². The van der Waals surface area contributed by atoms with Gasteiger partial charge >= 0.3 is 0 Å². The molecule has 2 N–H and O–H groups in total. The normalized spacial score (nSPS) is 10.7. The Morgan fingerprint density at radius 2 is 2.15 bits per heavy atom. The van der Waals surface area contributed by atoms with Gasteiger partial charge in [0, 0.05) is 24.1 Å². The van der Waals surface area contributed by atoms with Crippen molar-refractivity contribution in [1.29, 1.82) is 0 Å². The number of furan rings is 1. The van der Waals surface area contributed by atoms with Crippen LogP contribution < -0.4 is 5.32 Å². The van der Waals surface area contributed by atoms with Crippen molar-refractivity contribution in [3.8, 4) is 17.1 Å². The number of phenolic OH excluding ortho intramolecular Hbond substituents is 1. The lowest BCUT2D eigenvalue weighted by molar-refractivity contribution is -0.114. The largest absolute Gasteiger partial charge is 0.504 e. The van der Waals surface area contributed by atoms with Gasteiger partial charge < -0.3 is 14.8 Å². The van der Waals surface area contributed by atoms with Crippen LogP contribution in [0.15, 0.2) is 47.2 Å². The Morgan fingerprint density at radius 1 is 1.30 bits per heavy atom. The number of rotatable bonds is 2. The van der Waals surface area contributed by atoms with E-state index in [0.29, 0.717) is 17.0 Å². The van der Waals surface area contributed by atoms with Gasteiger partial charge in [0.1, 0.15) is 11.3 Å². The third kappa shape index (κ3) is 1.99. The number of hydrogen-bond acceptors (Lipinski definition) is 4. The minimum atomic E-state index is -0.248. The maximum Gasteiger partial charge on any atom is 0.221 e. The summed E-state index contributed by atoms with van der Waals surface area (Å²) in [4.78, 5) is 15.3. The average Bonchev–Trinajstić information content (AvgIpc) is 2.95. The number of carbonyl (C=O) groups excluding carboxylic acids is 1. The van der Waals surface area contributed by atoms with Crippen LogP contribution in [0.3, 0.4) is 0 Å². The number of hydrogen-bond donors (Lipinski definition) is 2. The van der Waals surface area contributed by atoms with E-state index in [1.165, 1.54) is 6.92 Å². The number of benzene rings is 1. The Balaban J connectivity index is 2.22. The van der Waals surface area contributed by atoms with E-state index in [4.69, 9.17) is 4.42 Å². The molecule has 5 nitrogen and oxygen atoms in total. The topological polar surface area (TPSA) is 75.4 Å². The van der Waals surface area contributed by atoms with Crippen LogP contribution in [0.2, 0.25) is 0 Å². The maximum absolute atomic E-state index is 11.1. The Hall–Kier alpha value is -2.82. The zero-order valence-electron chi connectivity index (χ0n) is 10.8. The summed E-state index contributed by atoms with van der Waals surface area (Å²) in [5.74, 6) is 0.400. The SMILES string of the molecule is CC(=O)Nc1ccc2c(-c3ccco3)ccnc2c1O. The second-order valence-corrected chi connectivity index (χ2v) is 4.37. The molecular weight excluding hydrogens is 256 g/mol. The molecule has 0 bridgehead atoms. The van der Waals surface area contributed by atoms with Gasteiger partial charge in [-0.3, -0.25) is 9.78 Å². The molecule has 5 heteroatoms. The van der Waals surface area contributed by atoms with Gasteiger partial charge in [-0.2, -0.15) is 0 Å². The molecule has 0 aliphatic carbocycles. The molecule has 0 aliphatic heterocycles. The molecule has 0 saturated heterocycles. The molecular formula is C15H12N2O3. The van der Waals surface area contributed by atoms with Gasteiger partial charge in [0.25, 0.3) is 0 Å². The highest BCUT2D eigenvalue weighted by Gasteiger charge is 2.13. The Labute approximate surface area is 114 Å². The molecule has 0 unspecified atom stereocenters. The summed E-state index contributed by atoms with van der Waals surface area (Å²) < 4.78 is 5.38. The second kappa shape index (κ2) is 4.70. The molecule has 2 heterocycles. The predicted octanol–water partition coefficient (Wildman–Crippen LogP) is 3.16. The Bertz CT molecular complexity index is 779. The summed E-state index contributed by atoms with van der Waals surface area (Å²) in [5.41, 5.74) is 1.60. The van der Waals surface area contributed by atoms with Crippen LogP contribution in [0.5, 0.6) is 5.75 Å².